The number of ether oxygens (including phenoxy) is 1. The number of aliphatic carboxylic acids is 1. The lowest BCUT2D eigenvalue weighted by Gasteiger charge is -2.10. The Morgan fingerprint density at radius 1 is 1.54 bits per heavy atom. The van der Waals surface area contributed by atoms with E-state index in [0.717, 1.165) is 0 Å². The van der Waals surface area contributed by atoms with Gasteiger partial charge in [0.2, 0.25) is 0 Å². The van der Waals surface area contributed by atoms with Crippen LogP contribution >= 0.6 is 12.6 Å². The zero-order chi connectivity index (χ0) is 9.84. The highest BCUT2D eigenvalue weighted by Gasteiger charge is 2.18. The van der Waals surface area contributed by atoms with Crippen molar-refractivity contribution < 1.29 is 14.6 Å². The number of carboxylic acid groups (broad SMARTS) is 1. The van der Waals surface area contributed by atoms with Crippen LogP contribution < -0.4 is 4.74 Å². The van der Waals surface area contributed by atoms with Crippen LogP contribution in [-0.2, 0) is 4.79 Å². The summed E-state index contributed by atoms with van der Waals surface area (Å²) in [5.41, 5.74) is 0.570. The monoisotopic (exact) mass is 198 g/mol. The summed E-state index contributed by atoms with van der Waals surface area (Å²) in [6.45, 7) is 0. The molecule has 0 heterocycles. The molecule has 0 radical (unpaired) electrons. The van der Waals surface area contributed by atoms with E-state index in [1.165, 1.54) is 7.11 Å². The second-order valence-corrected chi connectivity index (χ2v) is 3.00. The number of benzene rings is 1. The molecule has 3 nitrogen and oxygen atoms in total. The molecule has 1 aromatic carbocycles. The van der Waals surface area contributed by atoms with Gasteiger partial charge in [0.1, 0.15) is 11.0 Å². The molecular formula is C9H10O3S. The molecule has 4 heteroatoms. The summed E-state index contributed by atoms with van der Waals surface area (Å²) in [7, 11) is 1.50. The maximum Gasteiger partial charge on any atom is 0.321 e. The smallest absolute Gasteiger partial charge is 0.321 e. The lowest BCUT2D eigenvalue weighted by Crippen LogP contribution is -2.06. The summed E-state index contributed by atoms with van der Waals surface area (Å²) in [6.07, 6.45) is 0. The Kier molecular flexibility index (Phi) is 3.19. The highest BCUT2D eigenvalue weighted by atomic mass is 32.1. The van der Waals surface area contributed by atoms with Gasteiger partial charge in [0.15, 0.2) is 0 Å². The summed E-state index contributed by atoms with van der Waals surface area (Å²) in [5.74, 6) is -0.433. The molecular weight excluding hydrogens is 188 g/mol. The highest BCUT2D eigenvalue weighted by Crippen LogP contribution is 2.28. The van der Waals surface area contributed by atoms with E-state index in [2.05, 4.69) is 12.6 Å². The molecule has 0 aliphatic heterocycles. The van der Waals surface area contributed by atoms with E-state index < -0.39 is 11.2 Å². The maximum absolute atomic E-state index is 10.6. The number of carboxylic acids is 1. The van der Waals surface area contributed by atoms with Gasteiger partial charge in [-0.25, -0.2) is 0 Å². The van der Waals surface area contributed by atoms with Crippen molar-refractivity contribution in [2.45, 2.75) is 5.25 Å². The Labute approximate surface area is 81.8 Å². The van der Waals surface area contributed by atoms with Gasteiger partial charge in [-0.05, 0) is 6.07 Å². The zero-order valence-electron chi connectivity index (χ0n) is 7.10. The molecule has 1 aromatic rings. The molecule has 0 spiro atoms. The third-order valence-electron chi connectivity index (χ3n) is 1.67. The highest BCUT2D eigenvalue weighted by molar-refractivity contribution is 7.81. The number of hydrogen-bond acceptors (Lipinski definition) is 3. The molecule has 0 fully saturated rings. The fourth-order valence-corrected chi connectivity index (χ4v) is 1.24. The normalized spacial score (nSPS) is 12.2. The van der Waals surface area contributed by atoms with Crippen molar-refractivity contribution in [3.8, 4) is 5.75 Å². The van der Waals surface area contributed by atoms with Crippen LogP contribution in [0.3, 0.4) is 0 Å². The summed E-state index contributed by atoms with van der Waals surface area (Å²) in [6, 6.07) is 6.93. The first-order chi connectivity index (χ1) is 6.16. The van der Waals surface area contributed by atoms with Crippen molar-refractivity contribution in [1.82, 2.24) is 0 Å². The van der Waals surface area contributed by atoms with E-state index in [0.29, 0.717) is 11.3 Å². The van der Waals surface area contributed by atoms with Crippen LogP contribution in [0.4, 0.5) is 0 Å². The molecule has 0 aliphatic rings. The Bertz CT molecular complexity index is 311. The van der Waals surface area contributed by atoms with E-state index in [1.54, 1.807) is 24.3 Å². The third kappa shape index (κ3) is 2.15. The third-order valence-corrected chi connectivity index (χ3v) is 2.17. The Morgan fingerprint density at radius 2 is 2.15 bits per heavy atom. The van der Waals surface area contributed by atoms with Gasteiger partial charge in [0.05, 0.1) is 7.11 Å². The van der Waals surface area contributed by atoms with Gasteiger partial charge in [-0.1, -0.05) is 18.2 Å². The molecule has 1 unspecified atom stereocenters. The molecule has 1 atom stereocenters. The molecule has 0 amide bonds. The van der Waals surface area contributed by atoms with Crippen LogP contribution in [0.5, 0.6) is 5.75 Å². The summed E-state index contributed by atoms with van der Waals surface area (Å²) < 4.78 is 5.00. The Balaban J connectivity index is 3.05. The van der Waals surface area contributed by atoms with Crippen LogP contribution in [0.25, 0.3) is 0 Å². The number of rotatable bonds is 3. The van der Waals surface area contributed by atoms with E-state index >= 15 is 0 Å². The fourth-order valence-electron chi connectivity index (χ4n) is 1.03. The second-order valence-electron chi connectivity index (χ2n) is 2.48. The molecule has 1 N–H and O–H groups in total. The number of methoxy groups -OCH3 is 1. The summed E-state index contributed by atoms with van der Waals surface area (Å²) >= 11 is 3.96. The number of carbonyl (C=O) groups is 1. The van der Waals surface area contributed by atoms with Gasteiger partial charge in [0.25, 0.3) is 0 Å². The van der Waals surface area contributed by atoms with Gasteiger partial charge < -0.3 is 9.84 Å². The minimum atomic E-state index is -0.979. The van der Waals surface area contributed by atoms with Gasteiger partial charge >= 0.3 is 5.97 Å². The lowest BCUT2D eigenvalue weighted by atomic mass is 10.1. The largest absolute Gasteiger partial charge is 0.496 e. The first-order valence-corrected chi connectivity index (χ1v) is 4.22. The second kappa shape index (κ2) is 4.18. The number of para-hydroxylation sites is 1. The topological polar surface area (TPSA) is 46.5 Å². The summed E-state index contributed by atoms with van der Waals surface area (Å²) in [4.78, 5) is 10.6. The van der Waals surface area contributed by atoms with Gasteiger partial charge in [-0.3, -0.25) is 4.79 Å². The molecule has 1 rings (SSSR count). The van der Waals surface area contributed by atoms with E-state index in [-0.39, 0.29) is 0 Å². The minimum absolute atomic E-state index is 0.546. The molecule has 13 heavy (non-hydrogen) atoms. The lowest BCUT2D eigenvalue weighted by molar-refractivity contribution is -0.136. The number of hydrogen-bond donors (Lipinski definition) is 2. The Hall–Kier alpha value is -1.16. The quantitative estimate of drug-likeness (QED) is 0.727. The molecule has 70 valence electrons. The average Bonchev–Trinajstić information content (AvgIpc) is 2.16. The molecule has 0 bridgehead atoms. The van der Waals surface area contributed by atoms with Crippen LogP contribution in [0.2, 0.25) is 0 Å². The predicted molar refractivity (Wildman–Crippen MR) is 52.4 cm³/mol. The standard InChI is InChI=1S/C9H10O3S/c1-12-7-5-3-2-4-6(7)8(13)9(10)11/h2-5,8,13H,1H3,(H,10,11). The number of thiol groups is 1. The van der Waals surface area contributed by atoms with E-state index in [9.17, 15) is 4.79 Å². The first-order valence-electron chi connectivity index (χ1n) is 3.70. The predicted octanol–water partition coefficient (Wildman–Crippen LogP) is 1.75. The van der Waals surface area contributed by atoms with E-state index in [1.807, 2.05) is 0 Å². The zero-order valence-corrected chi connectivity index (χ0v) is 7.99. The van der Waals surface area contributed by atoms with Crippen molar-refractivity contribution in [3.63, 3.8) is 0 Å². The van der Waals surface area contributed by atoms with Crippen molar-refractivity contribution in [1.29, 1.82) is 0 Å². The molecule has 0 saturated heterocycles. The van der Waals surface area contributed by atoms with Crippen LogP contribution in [0.15, 0.2) is 24.3 Å². The van der Waals surface area contributed by atoms with Crippen LogP contribution in [-0.4, -0.2) is 18.2 Å². The minimum Gasteiger partial charge on any atom is -0.496 e. The van der Waals surface area contributed by atoms with Gasteiger partial charge in [-0.15, -0.1) is 0 Å². The van der Waals surface area contributed by atoms with E-state index in [4.69, 9.17) is 9.84 Å². The molecule has 0 aromatic heterocycles. The molecule has 0 saturated carbocycles. The first kappa shape index (κ1) is 9.92. The maximum atomic E-state index is 10.6. The molecule has 0 aliphatic carbocycles. The van der Waals surface area contributed by atoms with Gasteiger partial charge in [-0.2, -0.15) is 12.6 Å². The summed E-state index contributed by atoms with van der Waals surface area (Å²) in [5, 5.41) is 7.89. The average molecular weight is 198 g/mol. The van der Waals surface area contributed by atoms with Crippen molar-refractivity contribution in [2.24, 2.45) is 0 Å². The van der Waals surface area contributed by atoms with Crippen molar-refractivity contribution >= 4 is 18.6 Å². The van der Waals surface area contributed by atoms with Gasteiger partial charge in [0, 0.05) is 5.56 Å². The fraction of sp³-hybridized carbons (Fsp3) is 0.222. The van der Waals surface area contributed by atoms with Crippen molar-refractivity contribution in [3.05, 3.63) is 29.8 Å². The van der Waals surface area contributed by atoms with Crippen LogP contribution in [0, 0.1) is 0 Å². The Morgan fingerprint density at radius 3 is 2.69 bits per heavy atom. The van der Waals surface area contributed by atoms with Crippen molar-refractivity contribution in [2.75, 3.05) is 7.11 Å². The van der Waals surface area contributed by atoms with Crippen LogP contribution in [0.1, 0.15) is 10.8 Å². The SMILES string of the molecule is COc1ccccc1C(S)C(=O)O.